The van der Waals surface area contributed by atoms with Crippen LogP contribution < -0.4 is 0 Å². The molecule has 0 aromatic carbocycles. The maximum atomic E-state index is 9.63. The lowest BCUT2D eigenvalue weighted by Gasteiger charge is -2.27. The SMILES string of the molecule is COC(C(C)C)C(O)C(C)C. The molecule has 2 heteroatoms. The van der Waals surface area contributed by atoms with E-state index in [4.69, 9.17) is 4.74 Å². The molecule has 0 spiro atoms. The fourth-order valence-corrected chi connectivity index (χ4v) is 1.19. The molecule has 1 N–H and O–H groups in total. The Morgan fingerprint density at radius 2 is 1.45 bits per heavy atom. The van der Waals surface area contributed by atoms with Crippen molar-refractivity contribution in [3.05, 3.63) is 0 Å². The van der Waals surface area contributed by atoms with Gasteiger partial charge in [0, 0.05) is 7.11 Å². The van der Waals surface area contributed by atoms with E-state index in [2.05, 4.69) is 13.8 Å². The van der Waals surface area contributed by atoms with Crippen LogP contribution in [-0.4, -0.2) is 24.4 Å². The number of aliphatic hydroxyl groups is 1. The van der Waals surface area contributed by atoms with E-state index in [9.17, 15) is 5.11 Å². The van der Waals surface area contributed by atoms with Crippen molar-refractivity contribution in [2.45, 2.75) is 39.9 Å². The van der Waals surface area contributed by atoms with Gasteiger partial charge in [-0.3, -0.25) is 0 Å². The highest BCUT2D eigenvalue weighted by molar-refractivity contribution is 4.74. The molecule has 0 aromatic rings. The summed E-state index contributed by atoms with van der Waals surface area (Å²) in [4.78, 5) is 0. The van der Waals surface area contributed by atoms with E-state index in [0.29, 0.717) is 5.92 Å². The molecule has 0 heterocycles. The van der Waals surface area contributed by atoms with Gasteiger partial charge in [-0.2, -0.15) is 0 Å². The first-order valence-electron chi connectivity index (χ1n) is 4.21. The number of aliphatic hydroxyl groups excluding tert-OH is 1. The van der Waals surface area contributed by atoms with Crippen LogP contribution in [0.15, 0.2) is 0 Å². The third-order valence-corrected chi connectivity index (χ3v) is 1.95. The summed E-state index contributed by atoms with van der Waals surface area (Å²) < 4.78 is 5.18. The molecule has 0 aromatic heterocycles. The fraction of sp³-hybridized carbons (Fsp3) is 1.00. The van der Waals surface area contributed by atoms with Gasteiger partial charge in [-0.1, -0.05) is 27.7 Å². The van der Waals surface area contributed by atoms with Gasteiger partial charge in [0.15, 0.2) is 0 Å². The summed E-state index contributed by atoms with van der Waals surface area (Å²) >= 11 is 0. The van der Waals surface area contributed by atoms with E-state index in [1.807, 2.05) is 13.8 Å². The summed E-state index contributed by atoms with van der Waals surface area (Å²) in [7, 11) is 1.65. The second-order valence-corrected chi connectivity index (χ2v) is 3.68. The molecule has 0 radical (unpaired) electrons. The minimum Gasteiger partial charge on any atom is -0.390 e. The smallest absolute Gasteiger partial charge is 0.0855 e. The number of rotatable bonds is 4. The van der Waals surface area contributed by atoms with Crippen molar-refractivity contribution in [3.63, 3.8) is 0 Å². The van der Waals surface area contributed by atoms with E-state index in [1.54, 1.807) is 7.11 Å². The summed E-state index contributed by atoms with van der Waals surface area (Å²) in [6, 6.07) is 0. The zero-order valence-corrected chi connectivity index (χ0v) is 8.16. The van der Waals surface area contributed by atoms with Gasteiger partial charge in [-0.25, -0.2) is 0 Å². The van der Waals surface area contributed by atoms with Crippen LogP contribution in [0.3, 0.4) is 0 Å². The third-order valence-electron chi connectivity index (χ3n) is 1.95. The van der Waals surface area contributed by atoms with Gasteiger partial charge in [0.2, 0.25) is 0 Å². The molecular weight excluding hydrogens is 140 g/mol. The number of hydrogen-bond donors (Lipinski definition) is 1. The highest BCUT2D eigenvalue weighted by atomic mass is 16.5. The first-order chi connectivity index (χ1) is 5.00. The van der Waals surface area contributed by atoms with Gasteiger partial charge in [-0.05, 0) is 11.8 Å². The molecule has 2 unspecified atom stereocenters. The van der Waals surface area contributed by atoms with Gasteiger partial charge < -0.3 is 9.84 Å². The van der Waals surface area contributed by atoms with Gasteiger partial charge >= 0.3 is 0 Å². The van der Waals surface area contributed by atoms with E-state index < -0.39 is 0 Å². The summed E-state index contributed by atoms with van der Waals surface area (Å²) in [6.07, 6.45) is -0.380. The predicted molar refractivity (Wildman–Crippen MR) is 46.5 cm³/mol. The molecular formula is C9H20O2. The minimum atomic E-state index is -0.347. The minimum absolute atomic E-state index is 0.0324. The second-order valence-electron chi connectivity index (χ2n) is 3.68. The maximum absolute atomic E-state index is 9.63. The molecule has 0 bridgehead atoms. The second kappa shape index (κ2) is 4.73. The average Bonchev–Trinajstić information content (AvgIpc) is 1.88. The lowest BCUT2D eigenvalue weighted by Crippen LogP contribution is -2.36. The molecule has 2 nitrogen and oxygen atoms in total. The number of methoxy groups -OCH3 is 1. The van der Waals surface area contributed by atoms with Gasteiger partial charge in [-0.15, -0.1) is 0 Å². The summed E-state index contributed by atoms with van der Waals surface area (Å²) in [5, 5.41) is 9.63. The Balaban J connectivity index is 4.02. The van der Waals surface area contributed by atoms with Gasteiger partial charge in [0.05, 0.1) is 12.2 Å². The lowest BCUT2D eigenvalue weighted by molar-refractivity contribution is -0.0572. The van der Waals surface area contributed by atoms with Crippen molar-refractivity contribution in [3.8, 4) is 0 Å². The predicted octanol–water partition coefficient (Wildman–Crippen LogP) is 1.67. The Morgan fingerprint density at radius 3 is 1.55 bits per heavy atom. The number of hydrogen-bond acceptors (Lipinski definition) is 2. The van der Waals surface area contributed by atoms with Crippen LogP contribution >= 0.6 is 0 Å². The van der Waals surface area contributed by atoms with Crippen LogP contribution in [0.4, 0.5) is 0 Å². The average molecular weight is 160 g/mol. The molecule has 0 aliphatic carbocycles. The van der Waals surface area contributed by atoms with Crippen molar-refractivity contribution in [2.24, 2.45) is 11.8 Å². The van der Waals surface area contributed by atoms with Crippen LogP contribution in [0.2, 0.25) is 0 Å². The first-order valence-corrected chi connectivity index (χ1v) is 4.21. The van der Waals surface area contributed by atoms with Crippen LogP contribution in [-0.2, 0) is 4.74 Å². The summed E-state index contributed by atoms with van der Waals surface area (Å²) in [5.41, 5.74) is 0. The van der Waals surface area contributed by atoms with Crippen LogP contribution in [0.5, 0.6) is 0 Å². The highest BCUT2D eigenvalue weighted by Crippen LogP contribution is 2.16. The van der Waals surface area contributed by atoms with Gasteiger partial charge in [0.25, 0.3) is 0 Å². The largest absolute Gasteiger partial charge is 0.390 e. The van der Waals surface area contributed by atoms with Crippen molar-refractivity contribution < 1.29 is 9.84 Å². The van der Waals surface area contributed by atoms with Crippen molar-refractivity contribution in [1.82, 2.24) is 0 Å². The quantitative estimate of drug-likeness (QED) is 0.678. The fourth-order valence-electron chi connectivity index (χ4n) is 1.19. The topological polar surface area (TPSA) is 29.5 Å². The Morgan fingerprint density at radius 1 is 1.00 bits per heavy atom. The Bertz CT molecular complexity index is 99.7. The lowest BCUT2D eigenvalue weighted by atomic mass is 9.94. The van der Waals surface area contributed by atoms with E-state index in [0.717, 1.165) is 0 Å². The summed E-state index contributed by atoms with van der Waals surface area (Å²) in [5.74, 6) is 0.639. The van der Waals surface area contributed by atoms with Crippen LogP contribution in [0.1, 0.15) is 27.7 Å². The molecule has 0 saturated heterocycles. The Hall–Kier alpha value is -0.0800. The first kappa shape index (κ1) is 10.9. The molecule has 0 rings (SSSR count). The van der Waals surface area contributed by atoms with Crippen LogP contribution in [0, 0.1) is 11.8 Å². The molecule has 68 valence electrons. The van der Waals surface area contributed by atoms with Crippen molar-refractivity contribution in [1.29, 1.82) is 0 Å². The summed E-state index contributed by atoms with van der Waals surface area (Å²) in [6.45, 7) is 8.11. The maximum Gasteiger partial charge on any atom is 0.0855 e. The standard InChI is InChI=1S/C9H20O2/c1-6(2)8(10)9(11-5)7(3)4/h6-10H,1-5H3. The Labute approximate surface area is 69.6 Å². The Kier molecular flexibility index (Phi) is 4.69. The van der Waals surface area contributed by atoms with Crippen LogP contribution in [0.25, 0.3) is 0 Å². The zero-order chi connectivity index (χ0) is 9.02. The third kappa shape index (κ3) is 3.21. The molecule has 0 fully saturated rings. The zero-order valence-electron chi connectivity index (χ0n) is 8.16. The molecule has 0 amide bonds. The monoisotopic (exact) mass is 160 g/mol. The van der Waals surface area contributed by atoms with Crippen molar-refractivity contribution in [2.75, 3.05) is 7.11 Å². The molecule has 0 aliphatic rings. The van der Waals surface area contributed by atoms with E-state index >= 15 is 0 Å². The molecule has 0 aliphatic heterocycles. The molecule has 0 saturated carbocycles. The molecule has 11 heavy (non-hydrogen) atoms. The molecule has 2 atom stereocenters. The van der Waals surface area contributed by atoms with Crippen molar-refractivity contribution >= 4 is 0 Å². The normalized spacial score (nSPS) is 17.5. The van der Waals surface area contributed by atoms with E-state index in [-0.39, 0.29) is 18.1 Å². The number of ether oxygens (including phenoxy) is 1. The van der Waals surface area contributed by atoms with Gasteiger partial charge in [0.1, 0.15) is 0 Å². The van der Waals surface area contributed by atoms with E-state index in [1.165, 1.54) is 0 Å². The highest BCUT2D eigenvalue weighted by Gasteiger charge is 2.24.